The Morgan fingerprint density at radius 2 is 1.83 bits per heavy atom. The summed E-state index contributed by atoms with van der Waals surface area (Å²) in [4.78, 5) is 12.2. The number of benzene rings is 2. The molecule has 1 amide bonds. The summed E-state index contributed by atoms with van der Waals surface area (Å²) < 4.78 is 1.03. The fourth-order valence-corrected chi connectivity index (χ4v) is 3.04. The Labute approximate surface area is 159 Å². The maximum absolute atomic E-state index is 12.2. The van der Waals surface area contributed by atoms with Gasteiger partial charge in [-0.1, -0.05) is 37.6 Å². The van der Waals surface area contributed by atoms with E-state index in [1.165, 1.54) is 5.56 Å². The summed E-state index contributed by atoms with van der Waals surface area (Å²) in [5.74, 6) is 0.178. The van der Waals surface area contributed by atoms with Crippen LogP contribution in [0.5, 0.6) is 0 Å². The summed E-state index contributed by atoms with van der Waals surface area (Å²) in [6.45, 7) is 4.22. The average molecular weight is 459 g/mol. The van der Waals surface area contributed by atoms with Gasteiger partial charge in [0.15, 0.2) is 5.11 Å². The highest BCUT2D eigenvalue weighted by Crippen LogP contribution is 2.23. The van der Waals surface area contributed by atoms with Crippen molar-refractivity contribution in [1.82, 2.24) is 5.32 Å². The Morgan fingerprint density at radius 3 is 2.39 bits per heavy atom. The monoisotopic (exact) mass is 458 g/mol. The molecule has 0 bridgehead atoms. The van der Waals surface area contributed by atoms with Gasteiger partial charge in [0.25, 0.3) is 5.91 Å². The summed E-state index contributed by atoms with van der Waals surface area (Å²) in [6, 6.07) is 13.0. The molecular formula is C17H16ClIN2OS. The van der Waals surface area contributed by atoms with Crippen LogP contribution in [0.1, 0.15) is 35.7 Å². The smallest absolute Gasteiger partial charge is 0.257 e. The molecule has 0 unspecified atom stereocenters. The molecule has 0 radical (unpaired) electrons. The SMILES string of the molecule is CC(C)c1ccc(C(=O)NC(=S)Nc2ccc(I)cc2Cl)cc1. The summed E-state index contributed by atoms with van der Waals surface area (Å²) >= 11 is 13.5. The van der Waals surface area contributed by atoms with Gasteiger partial charge in [-0.25, -0.2) is 0 Å². The third kappa shape index (κ3) is 5.16. The number of carbonyl (C=O) groups is 1. The third-order valence-corrected chi connectivity index (χ3v) is 4.43. The van der Waals surface area contributed by atoms with Crippen LogP contribution in [-0.2, 0) is 0 Å². The standard InChI is InChI=1S/C17H16ClIN2OS/c1-10(2)11-3-5-12(6-4-11)16(22)21-17(23)20-15-8-7-13(19)9-14(15)18/h3-10H,1-2H3,(H2,20,21,22,23). The molecule has 0 aliphatic rings. The highest BCUT2D eigenvalue weighted by molar-refractivity contribution is 14.1. The topological polar surface area (TPSA) is 41.1 Å². The Kier molecular flexibility index (Phi) is 6.38. The molecule has 2 aromatic rings. The van der Waals surface area contributed by atoms with Gasteiger partial charge in [0.2, 0.25) is 0 Å². The predicted octanol–water partition coefficient (Wildman–Crippen LogP) is 5.19. The van der Waals surface area contributed by atoms with E-state index in [1.54, 1.807) is 12.1 Å². The number of rotatable bonds is 3. The maximum Gasteiger partial charge on any atom is 0.257 e. The minimum atomic E-state index is -0.251. The van der Waals surface area contributed by atoms with Crippen molar-refractivity contribution in [1.29, 1.82) is 0 Å². The second-order valence-corrected chi connectivity index (χ2v) is 7.37. The summed E-state index contributed by atoms with van der Waals surface area (Å²) in [5.41, 5.74) is 2.41. The molecule has 2 N–H and O–H groups in total. The van der Waals surface area contributed by atoms with Gasteiger partial charge in [0.1, 0.15) is 0 Å². The number of halogens is 2. The summed E-state index contributed by atoms with van der Waals surface area (Å²) in [6.07, 6.45) is 0. The van der Waals surface area contributed by atoms with E-state index in [0.717, 1.165) is 3.57 Å². The van der Waals surface area contributed by atoms with Crippen LogP contribution in [0.4, 0.5) is 5.69 Å². The summed E-state index contributed by atoms with van der Waals surface area (Å²) in [5, 5.41) is 6.35. The fourth-order valence-electron chi connectivity index (χ4n) is 1.94. The number of nitrogens with one attached hydrogen (secondary N) is 2. The maximum atomic E-state index is 12.2. The van der Waals surface area contributed by atoms with E-state index in [4.69, 9.17) is 23.8 Å². The van der Waals surface area contributed by atoms with Crippen molar-refractivity contribution in [2.45, 2.75) is 19.8 Å². The third-order valence-electron chi connectivity index (χ3n) is 3.25. The average Bonchev–Trinajstić information content (AvgIpc) is 2.50. The van der Waals surface area contributed by atoms with E-state index in [9.17, 15) is 4.79 Å². The molecule has 0 aliphatic carbocycles. The van der Waals surface area contributed by atoms with Crippen molar-refractivity contribution in [3.05, 3.63) is 62.2 Å². The van der Waals surface area contributed by atoms with Gasteiger partial charge in [0.05, 0.1) is 10.7 Å². The molecule has 0 aliphatic heterocycles. The molecular weight excluding hydrogens is 443 g/mol. The normalized spacial score (nSPS) is 10.5. The van der Waals surface area contributed by atoms with Crippen LogP contribution in [-0.4, -0.2) is 11.0 Å². The molecule has 0 aromatic heterocycles. The van der Waals surface area contributed by atoms with Crippen LogP contribution >= 0.6 is 46.4 Å². The van der Waals surface area contributed by atoms with Gasteiger partial charge in [-0.3, -0.25) is 10.1 Å². The number of thiocarbonyl (C=S) groups is 1. The zero-order chi connectivity index (χ0) is 17.0. The number of amides is 1. The number of carbonyl (C=O) groups excluding carboxylic acids is 1. The quantitative estimate of drug-likeness (QED) is 0.491. The van der Waals surface area contributed by atoms with E-state index < -0.39 is 0 Å². The van der Waals surface area contributed by atoms with Crippen LogP contribution in [0.15, 0.2) is 42.5 Å². The molecule has 23 heavy (non-hydrogen) atoms. The predicted molar refractivity (Wildman–Crippen MR) is 108 cm³/mol. The van der Waals surface area contributed by atoms with Crippen LogP contribution in [0.2, 0.25) is 5.02 Å². The van der Waals surface area contributed by atoms with Crippen molar-refractivity contribution in [3.63, 3.8) is 0 Å². The largest absolute Gasteiger partial charge is 0.331 e. The van der Waals surface area contributed by atoms with Crippen LogP contribution in [0.3, 0.4) is 0 Å². The number of hydrogen-bond acceptors (Lipinski definition) is 2. The fraction of sp³-hybridized carbons (Fsp3) is 0.176. The first kappa shape index (κ1) is 18.2. The Morgan fingerprint density at radius 1 is 1.17 bits per heavy atom. The lowest BCUT2D eigenvalue weighted by atomic mass is 10.0. The van der Waals surface area contributed by atoms with Gasteiger partial charge in [0, 0.05) is 9.13 Å². The molecule has 6 heteroatoms. The Bertz CT molecular complexity index is 732. The van der Waals surface area contributed by atoms with Crippen molar-refractivity contribution in [2.24, 2.45) is 0 Å². The van der Waals surface area contributed by atoms with Gasteiger partial charge in [-0.15, -0.1) is 0 Å². The van der Waals surface area contributed by atoms with E-state index >= 15 is 0 Å². The van der Waals surface area contributed by atoms with Gasteiger partial charge in [-0.2, -0.15) is 0 Å². The van der Waals surface area contributed by atoms with Crippen molar-refractivity contribution in [2.75, 3.05) is 5.32 Å². The first-order valence-corrected chi connectivity index (χ1v) is 8.90. The van der Waals surface area contributed by atoms with Crippen LogP contribution in [0.25, 0.3) is 0 Å². The minimum Gasteiger partial charge on any atom is -0.331 e. The van der Waals surface area contributed by atoms with E-state index in [-0.39, 0.29) is 11.0 Å². The molecule has 0 spiro atoms. The lowest BCUT2D eigenvalue weighted by Gasteiger charge is -2.12. The minimum absolute atomic E-state index is 0.214. The highest BCUT2D eigenvalue weighted by atomic mass is 127. The van der Waals surface area contributed by atoms with Crippen LogP contribution < -0.4 is 10.6 Å². The highest BCUT2D eigenvalue weighted by Gasteiger charge is 2.10. The molecule has 3 nitrogen and oxygen atoms in total. The Hall–Kier alpha value is -1.18. The molecule has 120 valence electrons. The molecule has 0 saturated heterocycles. The van der Waals surface area contributed by atoms with Crippen molar-refractivity contribution >= 4 is 63.1 Å². The molecule has 2 rings (SSSR count). The first-order chi connectivity index (χ1) is 10.9. The van der Waals surface area contributed by atoms with Crippen molar-refractivity contribution in [3.8, 4) is 0 Å². The second kappa shape index (κ2) is 8.08. The second-order valence-electron chi connectivity index (χ2n) is 5.31. The number of anilines is 1. The molecule has 0 atom stereocenters. The molecule has 0 fully saturated rings. The molecule has 2 aromatic carbocycles. The zero-order valence-electron chi connectivity index (χ0n) is 12.7. The van der Waals surface area contributed by atoms with E-state index in [1.807, 2.05) is 30.3 Å². The first-order valence-electron chi connectivity index (χ1n) is 7.04. The van der Waals surface area contributed by atoms with E-state index in [2.05, 4.69) is 47.1 Å². The van der Waals surface area contributed by atoms with Gasteiger partial charge in [-0.05, 0) is 76.6 Å². The number of hydrogen-bond donors (Lipinski definition) is 2. The van der Waals surface area contributed by atoms with Gasteiger partial charge < -0.3 is 5.32 Å². The van der Waals surface area contributed by atoms with E-state index in [0.29, 0.717) is 22.2 Å². The Balaban J connectivity index is 2.00. The molecule has 0 saturated carbocycles. The lowest BCUT2D eigenvalue weighted by Crippen LogP contribution is -2.34. The lowest BCUT2D eigenvalue weighted by molar-refractivity contribution is 0.0977. The zero-order valence-corrected chi connectivity index (χ0v) is 16.4. The van der Waals surface area contributed by atoms with Gasteiger partial charge >= 0.3 is 0 Å². The molecule has 0 heterocycles. The summed E-state index contributed by atoms with van der Waals surface area (Å²) in [7, 11) is 0. The van der Waals surface area contributed by atoms with Crippen LogP contribution in [0, 0.1) is 3.57 Å². The van der Waals surface area contributed by atoms with Crippen molar-refractivity contribution < 1.29 is 4.79 Å².